The lowest BCUT2D eigenvalue weighted by Crippen LogP contribution is -2.03. The topological polar surface area (TPSA) is 42.2 Å². The van der Waals surface area contributed by atoms with E-state index in [0.29, 0.717) is 24.7 Å². The van der Waals surface area contributed by atoms with Crippen molar-refractivity contribution in [2.45, 2.75) is 20.5 Å². The van der Waals surface area contributed by atoms with E-state index in [1.165, 1.54) is 0 Å². The van der Waals surface area contributed by atoms with E-state index in [1.807, 2.05) is 0 Å². The van der Waals surface area contributed by atoms with Crippen LogP contribution < -0.4 is 4.74 Å². The highest BCUT2D eigenvalue weighted by Gasteiger charge is 2.05. The van der Waals surface area contributed by atoms with E-state index in [4.69, 9.17) is 14.7 Å². The summed E-state index contributed by atoms with van der Waals surface area (Å²) >= 11 is 0. The van der Waals surface area contributed by atoms with Crippen molar-refractivity contribution in [3.05, 3.63) is 29.3 Å². The molecule has 86 valence electrons. The summed E-state index contributed by atoms with van der Waals surface area (Å²) in [6, 6.07) is 7.45. The highest BCUT2D eigenvalue weighted by Crippen LogP contribution is 2.20. The average molecular weight is 219 g/mol. The molecule has 0 fully saturated rings. The summed E-state index contributed by atoms with van der Waals surface area (Å²) in [6.07, 6.45) is 0. The first kappa shape index (κ1) is 12.5. The van der Waals surface area contributed by atoms with Crippen molar-refractivity contribution < 1.29 is 9.47 Å². The van der Waals surface area contributed by atoms with Gasteiger partial charge in [0, 0.05) is 12.2 Å². The van der Waals surface area contributed by atoms with E-state index in [9.17, 15) is 0 Å². The third-order valence-electron chi connectivity index (χ3n) is 2.12. The van der Waals surface area contributed by atoms with Gasteiger partial charge in [-0.3, -0.25) is 0 Å². The molecule has 3 heteroatoms. The van der Waals surface area contributed by atoms with Gasteiger partial charge in [0.25, 0.3) is 0 Å². The lowest BCUT2D eigenvalue weighted by molar-refractivity contribution is 0.0955. The monoisotopic (exact) mass is 219 g/mol. The summed E-state index contributed by atoms with van der Waals surface area (Å²) in [4.78, 5) is 0. The van der Waals surface area contributed by atoms with Crippen LogP contribution in [0, 0.1) is 17.2 Å². The summed E-state index contributed by atoms with van der Waals surface area (Å²) in [7, 11) is 1.62. The Morgan fingerprint density at radius 2 is 2.12 bits per heavy atom. The number of ether oxygens (including phenoxy) is 2. The third-order valence-corrected chi connectivity index (χ3v) is 2.12. The number of benzene rings is 1. The van der Waals surface area contributed by atoms with Crippen LogP contribution in [-0.4, -0.2) is 13.7 Å². The van der Waals surface area contributed by atoms with Crippen molar-refractivity contribution in [1.29, 1.82) is 5.26 Å². The van der Waals surface area contributed by atoms with E-state index >= 15 is 0 Å². The lowest BCUT2D eigenvalue weighted by Gasteiger charge is -2.10. The van der Waals surface area contributed by atoms with Crippen LogP contribution in [0.4, 0.5) is 0 Å². The largest absolute Gasteiger partial charge is 0.496 e. The van der Waals surface area contributed by atoms with Gasteiger partial charge in [-0.15, -0.1) is 0 Å². The molecule has 0 atom stereocenters. The Bertz CT molecular complexity index is 380. The summed E-state index contributed by atoms with van der Waals surface area (Å²) in [6.45, 7) is 5.39. The van der Waals surface area contributed by atoms with Gasteiger partial charge in [0.15, 0.2) is 0 Å². The summed E-state index contributed by atoms with van der Waals surface area (Å²) in [5.74, 6) is 1.27. The van der Waals surface area contributed by atoms with Crippen LogP contribution in [0.1, 0.15) is 25.0 Å². The Labute approximate surface area is 96.6 Å². The Hall–Kier alpha value is -1.53. The first-order chi connectivity index (χ1) is 7.67. The Morgan fingerprint density at radius 1 is 1.38 bits per heavy atom. The van der Waals surface area contributed by atoms with E-state index in [2.05, 4.69) is 19.9 Å². The van der Waals surface area contributed by atoms with Gasteiger partial charge >= 0.3 is 0 Å². The molecule has 1 rings (SSSR count). The second-order valence-corrected chi connectivity index (χ2v) is 4.05. The fourth-order valence-electron chi connectivity index (χ4n) is 1.37. The molecule has 0 spiro atoms. The zero-order chi connectivity index (χ0) is 12.0. The molecule has 0 aliphatic rings. The molecule has 0 aromatic heterocycles. The number of hydrogen-bond acceptors (Lipinski definition) is 3. The van der Waals surface area contributed by atoms with E-state index < -0.39 is 0 Å². The van der Waals surface area contributed by atoms with Gasteiger partial charge in [0.2, 0.25) is 0 Å². The molecule has 0 amide bonds. The molecular weight excluding hydrogens is 202 g/mol. The van der Waals surface area contributed by atoms with Crippen LogP contribution in [0.15, 0.2) is 18.2 Å². The normalized spacial score (nSPS) is 10.2. The Kier molecular flexibility index (Phi) is 4.81. The van der Waals surface area contributed by atoms with Gasteiger partial charge in [0.05, 0.1) is 25.3 Å². The van der Waals surface area contributed by atoms with Crippen LogP contribution in [0.5, 0.6) is 5.75 Å². The summed E-state index contributed by atoms with van der Waals surface area (Å²) in [5.41, 5.74) is 1.55. The number of nitrogens with zero attached hydrogens (tertiary/aromatic N) is 1. The third kappa shape index (κ3) is 3.56. The van der Waals surface area contributed by atoms with Crippen molar-refractivity contribution >= 4 is 0 Å². The molecule has 0 N–H and O–H groups in total. The molecule has 3 nitrogen and oxygen atoms in total. The molecule has 0 aliphatic heterocycles. The van der Waals surface area contributed by atoms with E-state index in [1.54, 1.807) is 25.3 Å². The Balaban J connectivity index is 2.72. The zero-order valence-electron chi connectivity index (χ0n) is 9.99. The molecule has 0 unspecified atom stereocenters. The minimum Gasteiger partial charge on any atom is -0.496 e. The first-order valence-electron chi connectivity index (χ1n) is 5.32. The molecule has 0 bridgehead atoms. The van der Waals surface area contributed by atoms with Crippen molar-refractivity contribution in [2.75, 3.05) is 13.7 Å². The fourth-order valence-corrected chi connectivity index (χ4v) is 1.37. The van der Waals surface area contributed by atoms with Crippen molar-refractivity contribution in [2.24, 2.45) is 5.92 Å². The molecule has 1 aromatic rings. The Morgan fingerprint density at radius 3 is 2.69 bits per heavy atom. The van der Waals surface area contributed by atoms with E-state index in [0.717, 1.165) is 11.3 Å². The molecule has 0 aliphatic carbocycles. The molecule has 0 saturated carbocycles. The van der Waals surface area contributed by atoms with Crippen LogP contribution in [0.3, 0.4) is 0 Å². The number of rotatable bonds is 5. The molecular formula is C13H17NO2. The number of hydrogen-bond donors (Lipinski definition) is 0. The molecule has 0 heterocycles. The number of methoxy groups -OCH3 is 1. The predicted octanol–water partition coefficient (Wildman–Crippen LogP) is 2.74. The maximum atomic E-state index is 8.81. The highest BCUT2D eigenvalue weighted by atomic mass is 16.5. The van der Waals surface area contributed by atoms with Gasteiger partial charge in [-0.1, -0.05) is 13.8 Å². The van der Waals surface area contributed by atoms with Gasteiger partial charge in [0.1, 0.15) is 5.75 Å². The van der Waals surface area contributed by atoms with Crippen molar-refractivity contribution in [1.82, 2.24) is 0 Å². The minimum absolute atomic E-state index is 0.483. The predicted molar refractivity (Wildman–Crippen MR) is 62.2 cm³/mol. The van der Waals surface area contributed by atoms with Gasteiger partial charge in [-0.05, 0) is 24.1 Å². The SMILES string of the molecule is COc1ccc(C#N)cc1COCC(C)C. The van der Waals surface area contributed by atoms with Gasteiger partial charge in [-0.2, -0.15) is 5.26 Å². The molecule has 16 heavy (non-hydrogen) atoms. The highest BCUT2D eigenvalue weighted by molar-refractivity contribution is 5.41. The molecule has 1 aromatic carbocycles. The summed E-state index contributed by atoms with van der Waals surface area (Å²) in [5, 5.41) is 8.81. The summed E-state index contributed by atoms with van der Waals surface area (Å²) < 4.78 is 10.7. The van der Waals surface area contributed by atoms with Crippen LogP contribution in [0.25, 0.3) is 0 Å². The maximum Gasteiger partial charge on any atom is 0.124 e. The molecule has 0 radical (unpaired) electrons. The average Bonchev–Trinajstić information content (AvgIpc) is 2.28. The van der Waals surface area contributed by atoms with Crippen LogP contribution in [-0.2, 0) is 11.3 Å². The zero-order valence-corrected chi connectivity index (χ0v) is 9.99. The second-order valence-electron chi connectivity index (χ2n) is 4.05. The number of nitriles is 1. The first-order valence-corrected chi connectivity index (χ1v) is 5.32. The van der Waals surface area contributed by atoms with Gasteiger partial charge < -0.3 is 9.47 Å². The van der Waals surface area contributed by atoms with Gasteiger partial charge in [-0.25, -0.2) is 0 Å². The van der Waals surface area contributed by atoms with Crippen molar-refractivity contribution in [3.8, 4) is 11.8 Å². The standard InChI is InChI=1S/C13H17NO2/c1-10(2)8-16-9-12-6-11(7-14)4-5-13(12)15-3/h4-6,10H,8-9H2,1-3H3. The van der Waals surface area contributed by atoms with Crippen LogP contribution >= 0.6 is 0 Å². The quantitative estimate of drug-likeness (QED) is 0.764. The lowest BCUT2D eigenvalue weighted by atomic mass is 10.1. The fraction of sp³-hybridized carbons (Fsp3) is 0.462. The minimum atomic E-state index is 0.483. The molecule has 0 saturated heterocycles. The smallest absolute Gasteiger partial charge is 0.124 e. The van der Waals surface area contributed by atoms with Crippen molar-refractivity contribution in [3.63, 3.8) is 0 Å². The maximum absolute atomic E-state index is 8.81. The second kappa shape index (κ2) is 6.14. The van der Waals surface area contributed by atoms with E-state index in [-0.39, 0.29) is 0 Å². The van der Waals surface area contributed by atoms with Crippen LogP contribution in [0.2, 0.25) is 0 Å².